The minimum Gasteiger partial charge on any atom is -0.507 e. The van der Waals surface area contributed by atoms with Gasteiger partial charge in [0.05, 0.1) is 6.21 Å². The van der Waals surface area contributed by atoms with E-state index in [0.717, 1.165) is 15.2 Å². The monoisotopic (exact) mass is 404 g/mol. The van der Waals surface area contributed by atoms with Gasteiger partial charge in [-0.15, -0.1) is 10.2 Å². The molecule has 1 N–H and O–H groups in total. The van der Waals surface area contributed by atoms with Crippen molar-refractivity contribution in [3.8, 4) is 5.75 Å². The quantitative estimate of drug-likeness (QED) is 0.535. The van der Waals surface area contributed by atoms with Crippen LogP contribution in [0.4, 0.5) is 0 Å². The van der Waals surface area contributed by atoms with Gasteiger partial charge in [0.25, 0.3) is 5.56 Å². The van der Waals surface area contributed by atoms with Gasteiger partial charge >= 0.3 is 0 Å². The van der Waals surface area contributed by atoms with Crippen LogP contribution in [-0.2, 0) is 0 Å². The second kappa shape index (κ2) is 6.74. The second-order valence-corrected chi connectivity index (χ2v) is 6.69. The molecule has 0 bridgehead atoms. The number of hydrogen-bond acceptors (Lipinski definition) is 6. The minimum atomic E-state index is -0.340. The number of halogens is 1. The maximum absolute atomic E-state index is 12.2. The van der Waals surface area contributed by atoms with Crippen LogP contribution in [0.2, 0.25) is 0 Å². The van der Waals surface area contributed by atoms with Crippen molar-refractivity contribution in [2.24, 2.45) is 5.10 Å². The van der Waals surface area contributed by atoms with Crippen molar-refractivity contribution in [2.45, 2.75) is 12.1 Å². The molecule has 0 saturated carbocycles. The first kappa shape index (κ1) is 16.7. The van der Waals surface area contributed by atoms with Gasteiger partial charge in [-0.1, -0.05) is 39.8 Å². The number of rotatable bonds is 3. The van der Waals surface area contributed by atoms with E-state index in [-0.39, 0.29) is 17.0 Å². The van der Waals surface area contributed by atoms with Crippen LogP contribution in [0, 0.1) is 6.92 Å². The van der Waals surface area contributed by atoms with Gasteiger partial charge in [0.15, 0.2) is 0 Å². The number of nitrogens with zero attached hydrogens (tertiary/aromatic N) is 4. The zero-order valence-electron chi connectivity index (χ0n) is 12.9. The van der Waals surface area contributed by atoms with Gasteiger partial charge in [0, 0.05) is 10.0 Å². The molecular weight excluding hydrogens is 392 g/mol. The summed E-state index contributed by atoms with van der Waals surface area (Å²) in [6, 6.07) is 9.14. The lowest BCUT2D eigenvalue weighted by atomic mass is 10.0. The SMILES string of the molecule is CSc1nnc(C)c(=O)n1/N=C\c1c(O)ccc2cc(Br)ccc12. The molecule has 0 aliphatic rings. The summed E-state index contributed by atoms with van der Waals surface area (Å²) in [6.45, 7) is 1.58. The van der Waals surface area contributed by atoms with E-state index in [9.17, 15) is 9.90 Å². The smallest absolute Gasteiger partial charge is 0.296 e. The molecule has 0 radical (unpaired) electrons. The number of aromatic nitrogens is 3. The highest BCUT2D eigenvalue weighted by Gasteiger charge is 2.09. The number of fused-ring (bicyclic) bond motifs is 1. The molecular formula is C16H13BrN4O2S. The van der Waals surface area contributed by atoms with Crippen molar-refractivity contribution in [3.05, 3.63) is 56.4 Å². The average molecular weight is 405 g/mol. The van der Waals surface area contributed by atoms with Gasteiger partial charge in [0.1, 0.15) is 11.4 Å². The zero-order valence-corrected chi connectivity index (χ0v) is 15.3. The van der Waals surface area contributed by atoms with E-state index >= 15 is 0 Å². The Hall–Kier alpha value is -2.19. The molecule has 6 nitrogen and oxygen atoms in total. The molecule has 1 heterocycles. The maximum Gasteiger partial charge on any atom is 0.296 e. The highest BCUT2D eigenvalue weighted by molar-refractivity contribution is 9.10. The third-order valence-electron chi connectivity index (χ3n) is 3.45. The summed E-state index contributed by atoms with van der Waals surface area (Å²) in [5, 5.41) is 24.3. The number of aryl methyl sites for hydroxylation is 1. The molecule has 0 aliphatic heterocycles. The Balaban J connectivity index is 2.17. The molecule has 1 aromatic heterocycles. The van der Waals surface area contributed by atoms with Gasteiger partial charge in [-0.2, -0.15) is 9.78 Å². The molecule has 0 saturated heterocycles. The second-order valence-electron chi connectivity index (χ2n) is 5.00. The number of phenolic OH excluding ortho intramolecular Hbond substituents is 1. The van der Waals surface area contributed by atoms with Crippen molar-refractivity contribution < 1.29 is 5.11 Å². The summed E-state index contributed by atoms with van der Waals surface area (Å²) in [5.74, 6) is 0.0889. The number of aromatic hydroxyl groups is 1. The molecule has 8 heteroatoms. The van der Waals surface area contributed by atoms with Crippen LogP contribution in [0.15, 0.2) is 49.9 Å². The lowest BCUT2D eigenvalue weighted by Crippen LogP contribution is -2.23. The van der Waals surface area contributed by atoms with E-state index in [4.69, 9.17) is 0 Å². The first-order valence-corrected chi connectivity index (χ1v) is 8.99. The summed E-state index contributed by atoms with van der Waals surface area (Å²) < 4.78 is 2.13. The van der Waals surface area contributed by atoms with Crippen LogP contribution < -0.4 is 5.56 Å². The molecule has 0 unspecified atom stereocenters. The van der Waals surface area contributed by atoms with Crippen molar-refractivity contribution in [1.82, 2.24) is 14.9 Å². The standard InChI is InChI=1S/C16H13BrN4O2S/c1-9-15(23)21(16(24-2)20-19-9)18-8-13-12-5-4-11(17)7-10(12)3-6-14(13)22/h3-8,22H,1-2H3/b18-8-. The third kappa shape index (κ3) is 3.07. The van der Waals surface area contributed by atoms with Crippen molar-refractivity contribution in [3.63, 3.8) is 0 Å². The Bertz CT molecular complexity index is 1020. The highest BCUT2D eigenvalue weighted by atomic mass is 79.9. The highest BCUT2D eigenvalue weighted by Crippen LogP contribution is 2.28. The number of phenols is 1. The largest absolute Gasteiger partial charge is 0.507 e. The summed E-state index contributed by atoms with van der Waals surface area (Å²) in [4.78, 5) is 12.2. The molecule has 0 amide bonds. The average Bonchev–Trinajstić information content (AvgIpc) is 2.57. The number of hydrogen-bond donors (Lipinski definition) is 1. The molecule has 2 aromatic carbocycles. The predicted octanol–water partition coefficient (Wildman–Crippen LogP) is 3.17. The molecule has 3 rings (SSSR count). The Labute approximate surface area is 150 Å². The predicted molar refractivity (Wildman–Crippen MR) is 99.1 cm³/mol. The van der Waals surface area contributed by atoms with E-state index in [1.54, 1.807) is 19.2 Å². The van der Waals surface area contributed by atoms with E-state index in [1.165, 1.54) is 22.7 Å². The summed E-state index contributed by atoms with van der Waals surface area (Å²) in [5.41, 5.74) is 0.456. The van der Waals surface area contributed by atoms with Crippen LogP contribution in [-0.4, -0.2) is 32.5 Å². The van der Waals surface area contributed by atoms with Crippen LogP contribution in [0.3, 0.4) is 0 Å². The van der Waals surface area contributed by atoms with Gasteiger partial charge < -0.3 is 5.11 Å². The van der Waals surface area contributed by atoms with Crippen LogP contribution in [0.5, 0.6) is 5.75 Å². The van der Waals surface area contributed by atoms with Gasteiger partial charge in [-0.05, 0) is 42.2 Å². The fourth-order valence-electron chi connectivity index (χ4n) is 2.24. The lowest BCUT2D eigenvalue weighted by Gasteiger charge is -2.07. The summed E-state index contributed by atoms with van der Waals surface area (Å²) >= 11 is 4.70. The van der Waals surface area contributed by atoms with Crippen LogP contribution in [0.1, 0.15) is 11.3 Å². The Kier molecular flexibility index (Phi) is 4.68. The van der Waals surface area contributed by atoms with Crippen molar-refractivity contribution in [1.29, 1.82) is 0 Å². The fraction of sp³-hybridized carbons (Fsp3) is 0.125. The summed E-state index contributed by atoms with van der Waals surface area (Å²) in [7, 11) is 0. The normalized spacial score (nSPS) is 11.5. The summed E-state index contributed by atoms with van der Waals surface area (Å²) in [6.07, 6.45) is 3.26. The zero-order chi connectivity index (χ0) is 17.3. The Morgan fingerprint density at radius 2 is 2.08 bits per heavy atom. The topological polar surface area (TPSA) is 80.4 Å². The van der Waals surface area contributed by atoms with Gasteiger partial charge in [0.2, 0.25) is 5.16 Å². The number of benzene rings is 2. The van der Waals surface area contributed by atoms with Crippen molar-refractivity contribution >= 4 is 44.7 Å². The fourth-order valence-corrected chi connectivity index (χ4v) is 3.04. The Morgan fingerprint density at radius 3 is 2.83 bits per heavy atom. The van der Waals surface area contributed by atoms with Gasteiger partial charge in [-0.3, -0.25) is 4.79 Å². The van der Waals surface area contributed by atoms with Crippen LogP contribution >= 0.6 is 27.7 Å². The van der Waals surface area contributed by atoms with E-state index in [1.807, 2.05) is 24.3 Å². The maximum atomic E-state index is 12.2. The minimum absolute atomic E-state index is 0.0889. The van der Waals surface area contributed by atoms with E-state index in [0.29, 0.717) is 10.7 Å². The van der Waals surface area contributed by atoms with Crippen LogP contribution in [0.25, 0.3) is 10.8 Å². The Morgan fingerprint density at radius 1 is 1.29 bits per heavy atom. The lowest BCUT2D eigenvalue weighted by molar-refractivity contribution is 0.475. The van der Waals surface area contributed by atoms with E-state index < -0.39 is 0 Å². The van der Waals surface area contributed by atoms with E-state index in [2.05, 4.69) is 31.2 Å². The molecule has 3 aromatic rings. The third-order valence-corrected chi connectivity index (χ3v) is 4.57. The molecule has 0 atom stereocenters. The molecule has 0 spiro atoms. The molecule has 0 aliphatic carbocycles. The number of thioether (sulfide) groups is 1. The first-order valence-electron chi connectivity index (χ1n) is 6.97. The molecule has 0 fully saturated rings. The first-order chi connectivity index (χ1) is 11.5. The van der Waals surface area contributed by atoms with Crippen molar-refractivity contribution in [2.75, 3.05) is 6.26 Å². The van der Waals surface area contributed by atoms with Gasteiger partial charge in [-0.25, -0.2) is 0 Å². The molecule has 122 valence electrons. The molecule has 24 heavy (non-hydrogen) atoms.